The molecule has 0 aromatic heterocycles. The van der Waals surface area contributed by atoms with Crippen molar-refractivity contribution in [2.45, 2.75) is 31.8 Å². The molecule has 0 heterocycles. The van der Waals surface area contributed by atoms with Gasteiger partial charge in [0.25, 0.3) is 10.1 Å². The van der Waals surface area contributed by atoms with Gasteiger partial charge in [-0.1, -0.05) is 17.7 Å². The normalized spacial score (nSPS) is 12.6. The summed E-state index contributed by atoms with van der Waals surface area (Å²) in [5, 5.41) is 0. The van der Waals surface area contributed by atoms with Gasteiger partial charge < -0.3 is 9.05 Å². The zero-order valence-electron chi connectivity index (χ0n) is 11.7. The minimum atomic E-state index is -4.38. The van der Waals surface area contributed by atoms with Crippen LogP contribution in [-0.2, 0) is 29.9 Å². The molecule has 0 spiro atoms. The van der Waals surface area contributed by atoms with Crippen LogP contribution in [0.3, 0.4) is 0 Å². The van der Waals surface area contributed by atoms with Crippen molar-refractivity contribution in [2.75, 3.05) is 13.2 Å². The van der Waals surface area contributed by atoms with Crippen LogP contribution in [0.4, 0.5) is 0 Å². The van der Waals surface area contributed by atoms with Crippen molar-refractivity contribution in [3.05, 3.63) is 29.3 Å². The Morgan fingerprint density at radius 1 is 1.20 bits per heavy atom. The summed E-state index contributed by atoms with van der Waals surface area (Å²) in [5.74, 6) is 0. The first kappa shape index (κ1) is 17.3. The molecule has 1 rings (SSSR count). The van der Waals surface area contributed by atoms with E-state index < -0.39 is 17.7 Å². The van der Waals surface area contributed by atoms with Crippen LogP contribution in [-0.4, -0.2) is 26.2 Å². The molecule has 0 unspecified atom stereocenters. The molecule has 1 aromatic carbocycles. The van der Waals surface area contributed by atoms with E-state index in [0.717, 1.165) is 5.56 Å². The Morgan fingerprint density at radius 3 is 2.20 bits per heavy atom. The van der Waals surface area contributed by atoms with Crippen molar-refractivity contribution in [2.24, 2.45) is 0 Å². The lowest BCUT2D eigenvalue weighted by atomic mass is 10.2. The zero-order chi connectivity index (χ0) is 15.4. The second-order valence-electron chi connectivity index (χ2n) is 4.19. The van der Waals surface area contributed by atoms with E-state index in [9.17, 15) is 17.5 Å². The lowest BCUT2D eigenvalue weighted by Crippen LogP contribution is -2.06. The molecule has 114 valence electrons. The van der Waals surface area contributed by atoms with Crippen molar-refractivity contribution in [1.29, 1.82) is 0 Å². The number of aryl methyl sites for hydroxylation is 1. The summed E-state index contributed by atoms with van der Waals surface area (Å²) in [6.07, 6.45) is -0.203. The third-order valence-corrected chi connectivity index (χ3v) is 5.49. The molecule has 8 heteroatoms. The van der Waals surface area contributed by atoms with Crippen LogP contribution >= 0.6 is 7.60 Å². The molecular formula is C12H19O6PS. The third kappa shape index (κ3) is 4.68. The summed E-state index contributed by atoms with van der Waals surface area (Å²) in [4.78, 5) is -0.275. The standard InChI is InChI=1S/C12H19O6PS/c1-4-17-19(13,18-5-2)9-11-8-10(3)6-7-12(11)20(14,15)16/h6-8H,4-5,9H2,1-3H3,(H,14,15,16). The molecule has 0 aliphatic rings. The van der Waals surface area contributed by atoms with Crippen molar-refractivity contribution in [3.63, 3.8) is 0 Å². The predicted octanol–water partition coefficient (Wildman–Crippen LogP) is 3.01. The molecule has 0 saturated heterocycles. The smallest absolute Gasteiger partial charge is 0.309 e. The monoisotopic (exact) mass is 322 g/mol. The first-order valence-electron chi connectivity index (χ1n) is 6.17. The van der Waals surface area contributed by atoms with Crippen LogP contribution in [0.5, 0.6) is 0 Å². The highest BCUT2D eigenvalue weighted by atomic mass is 32.2. The first-order chi connectivity index (χ1) is 9.22. The van der Waals surface area contributed by atoms with Gasteiger partial charge in [-0.05, 0) is 32.4 Å². The molecule has 1 aromatic rings. The first-order valence-corrected chi connectivity index (χ1v) is 9.34. The van der Waals surface area contributed by atoms with E-state index in [1.165, 1.54) is 6.07 Å². The van der Waals surface area contributed by atoms with E-state index >= 15 is 0 Å². The van der Waals surface area contributed by atoms with Gasteiger partial charge in [0.15, 0.2) is 0 Å². The van der Waals surface area contributed by atoms with Crippen LogP contribution in [0.25, 0.3) is 0 Å². The Morgan fingerprint density at radius 2 is 1.75 bits per heavy atom. The van der Waals surface area contributed by atoms with Crippen molar-refractivity contribution >= 4 is 17.7 Å². The van der Waals surface area contributed by atoms with Crippen molar-refractivity contribution < 1.29 is 26.6 Å². The van der Waals surface area contributed by atoms with Gasteiger partial charge in [-0.3, -0.25) is 9.12 Å². The summed E-state index contributed by atoms with van der Waals surface area (Å²) in [5.41, 5.74) is 1.00. The molecule has 0 saturated carbocycles. The molecule has 0 atom stereocenters. The quantitative estimate of drug-likeness (QED) is 0.613. The zero-order valence-corrected chi connectivity index (χ0v) is 13.4. The van der Waals surface area contributed by atoms with Gasteiger partial charge in [-0.15, -0.1) is 0 Å². The van der Waals surface area contributed by atoms with E-state index in [4.69, 9.17) is 9.05 Å². The molecule has 1 N–H and O–H groups in total. The van der Waals surface area contributed by atoms with Crippen LogP contribution in [0.15, 0.2) is 23.1 Å². The van der Waals surface area contributed by atoms with Gasteiger partial charge in [0.1, 0.15) is 0 Å². The highest BCUT2D eigenvalue weighted by Gasteiger charge is 2.28. The fourth-order valence-corrected chi connectivity index (χ4v) is 4.35. The largest absolute Gasteiger partial charge is 0.335 e. The van der Waals surface area contributed by atoms with Gasteiger partial charge in [0.2, 0.25) is 0 Å². The summed E-state index contributed by atoms with van der Waals surface area (Å²) in [6, 6.07) is 4.38. The second-order valence-corrected chi connectivity index (χ2v) is 7.64. The maximum absolute atomic E-state index is 12.5. The summed E-state index contributed by atoms with van der Waals surface area (Å²) >= 11 is 0. The maximum Gasteiger partial charge on any atom is 0.335 e. The minimum Gasteiger partial charge on any atom is -0.309 e. The number of hydrogen-bond acceptors (Lipinski definition) is 5. The third-order valence-electron chi connectivity index (χ3n) is 2.51. The van der Waals surface area contributed by atoms with Gasteiger partial charge in [0.05, 0.1) is 24.3 Å². The predicted molar refractivity (Wildman–Crippen MR) is 75.6 cm³/mol. The van der Waals surface area contributed by atoms with Crippen molar-refractivity contribution in [3.8, 4) is 0 Å². The molecule has 0 bridgehead atoms. The van der Waals surface area contributed by atoms with E-state index in [-0.39, 0.29) is 29.8 Å². The van der Waals surface area contributed by atoms with Gasteiger partial charge >= 0.3 is 7.60 Å². The summed E-state index contributed by atoms with van der Waals surface area (Å²) in [6.45, 7) is 5.48. The average molecular weight is 322 g/mol. The Hall–Kier alpha value is -0.720. The molecule has 20 heavy (non-hydrogen) atoms. The average Bonchev–Trinajstić information content (AvgIpc) is 2.27. The Balaban J connectivity index is 3.25. The fourth-order valence-electron chi connectivity index (χ4n) is 1.81. The van der Waals surface area contributed by atoms with E-state index in [1.807, 2.05) is 0 Å². The maximum atomic E-state index is 12.5. The lowest BCUT2D eigenvalue weighted by Gasteiger charge is -2.18. The minimum absolute atomic E-state index is 0.185. The van der Waals surface area contributed by atoms with Crippen LogP contribution < -0.4 is 0 Å². The molecular weight excluding hydrogens is 303 g/mol. The van der Waals surface area contributed by atoms with E-state index in [1.54, 1.807) is 32.9 Å². The lowest BCUT2D eigenvalue weighted by molar-refractivity contribution is 0.219. The fraction of sp³-hybridized carbons (Fsp3) is 0.500. The van der Waals surface area contributed by atoms with Gasteiger partial charge in [0, 0.05) is 0 Å². The summed E-state index contributed by atoms with van der Waals surface area (Å²) in [7, 11) is -7.82. The SMILES string of the molecule is CCOP(=O)(Cc1cc(C)ccc1S(=O)(=O)O)OCC. The van der Waals surface area contributed by atoms with Gasteiger partial charge in [-0.25, -0.2) is 0 Å². The Kier molecular flexibility index (Phi) is 5.91. The Bertz CT molecular complexity index is 600. The molecule has 0 aliphatic heterocycles. The number of rotatable bonds is 7. The van der Waals surface area contributed by atoms with Crippen LogP contribution in [0.1, 0.15) is 25.0 Å². The molecule has 0 fully saturated rings. The molecule has 0 radical (unpaired) electrons. The van der Waals surface area contributed by atoms with Gasteiger partial charge in [-0.2, -0.15) is 8.42 Å². The molecule has 0 amide bonds. The van der Waals surface area contributed by atoms with Crippen LogP contribution in [0, 0.1) is 6.92 Å². The second kappa shape index (κ2) is 6.83. The topological polar surface area (TPSA) is 89.9 Å². The number of hydrogen-bond donors (Lipinski definition) is 1. The summed E-state index contributed by atoms with van der Waals surface area (Å²) < 4.78 is 54.6. The van der Waals surface area contributed by atoms with Crippen molar-refractivity contribution in [1.82, 2.24) is 0 Å². The molecule has 6 nitrogen and oxygen atoms in total. The Labute approximate surface area is 119 Å². The van der Waals surface area contributed by atoms with Crippen LogP contribution in [0.2, 0.25) is 0 Å². The van der Waals surface area contributed by atoms with E-state index in [0.29, 0.717) is 0 Å². The van der Waals surface area contributed by atoms with E-state index in [2.05, 4.69) is 0 Å². The number of benzene rings is 1. The highest BCUT2D eigenvalue weighted by Crippen LogP contribution is 2.52. The highest BCUT2D eigenvalue weighted by molar-refractivity contribution is 7.86. The molecule has 0 aliphatic carbocycles.